The molecule has 274 valence electrons. The zero-order chi connectivity index (χ0) is 33.9. The number of rotatable bonds is 36. The lowest BCUT2D eigenvalue weighted by Crippen LogP contribution is -2.25. The molecule has 0 rings (SSSR count). The number of hydrogen-bond donors (Lipinski definition) is 1. The Bertz CT molecular complexity index is 649. The number of aliphatic hydroxyl groups excluding tert-OH is 1. The van der Waals surface area contributed by atoms with Crippen LogP contribution in [0.5, 0.6) is 0 Å². The van der Waals surface area contributed by atoms with Gasteiger partial charge >= 0.3 is 11.9 Å². The summed E-state index contributed by atoms with van der Waals surface area (Å²) in [5.41, 5.74) is 0. The first-order valence-corrected chi connectivity index (χ1v) is 20.3. The lowest BCUT2D eigenvalue weighted by atomic mass is 9.99. The monoisotopic (exact) mass is 653 g/mol. The van der Waals surface area contributed by atoms with Gasteiger partial charge in [0.2, 0.25) is 0 Å². The molecule has 5 nitrogen and oxygen atoms in total. The zero-order valence-corrected chi connectivity index (χ0v) is 31.4. The van der Waals surface area contributed by atoms with Gasteiger partial charge in [-0.25, -0.2) is 0 Å². The average Bonchev–Trinajstić information content (AvgIpc) is 3.04. The highest BCUT2D eigenvalue weighted by atomic mass is 16.6. The van der Waals surface area contributed by atoms with Crippen LogP contribution in [0.15, 0.2) is 0 Å². The van der Waals surface area contributed by atoms with Gasteiger partial charge in [0.1, 0.15) is 19.3 Å². The third kappa shape index (κ3) is 35.7. The molecule has 0 aromatic rings. The summed E-state index contributed by atoms with van der Waals surface area (Å²) in [5, 5.41) is 10.0. The maximum absolute atomic E-state index is 12.0. The summed E-state index contributed by atoms with van der Waals surface area (Å²) >= 11 is 0. The number of unbranched alkanes of at least 4 members (excludes halogenated alkanes) is 23. The molecule has 0 aliphatic carbocycles. The molecule has 0 spiro atoms. The van der Waals surface area contributed by atoms with Crippen LogP contribution < -0.4 is 0 Å². The van der Waals surface area contributed by atoms with E-state index in [0.29, 0.717) is 12.8 Å². The van der Waals surface area contributed by atoms with Gasteiger partial charge in [-0.2, -0.15) is 0 Å². The fourth-order valence-corrected chi connectivity index (χ4v) is 6.07. The van der Waals surface area contributed by atoms with Gasteiger partial charge < -0.3 is 14.6 Å². The van der Waals surface area contributed by atoms with E-state index in [1.165, 1.54) is 154 Å². The van der Waals surface area contributed by atoms with Crippen LogP contribution in [0.3, 0.4) is 0 Å². The van der Waals surface area contributed by atoms with E-state index in [0.717, 1.165) is 37.5 Å². The van der Waals surface area contributed by atoms with Crippen LogP contribution in [0, 0.1) is 11.8 Å². The third-order valence-electron chi connectivity index (χ3n) is 9.56. The van der Waals surface area contributed by atoms with Gasteiger partial charge in [0.15, 0.2) is 0 Å². The SMILES string of the molecule is CCC(C)CCCCCCCCCCCCCCCCC(=O)OC[C@@H](O)COC(=O)CCCCCCCCCCCCCC(C)C. The molecule has 2 atom stereocenters. The fraction of sp³-hybridized carbons (Fsp3) is 0.951. The van der Waals surface area contributed by atoms with Crippen molar-refractivity contribution in [1.29, 1.82) is 0 Å². The molecule has 5 heteroatoms. The first kappa shape index (κ1) is 44.9. The highest BCUT2D eigenvalue weighted by Gasteiger charge is 2.12. The molecule has 46 heavy (non-hydrogen) atoms. The Morgan fingerprint density at radius 3 is 1.04 bits per heavy atom. The number of carbonyl (C=O) groups excluding carboxylic acids is 2. The maximum Gasteiger partial charge on any atom is 0.305 e. The van der Waals surface area contributed by atoms with Crippen LogP contribution in [0.25, 0.3) is 0 Å². The molecule has 0 radical (unpaired) electrons. The molecule has 0 aliphatic heterocycles. The van der Waals surface area contributed by atoms with E-state index in [-0.39, 0.29) is 25.2 Å². The second kappa shape index (κ2) is 35.2. The van der Waals surface area contributed by atoms with Crippen molar-refractivity contribution in [2.75, 3.05) is 13.2 Å². The minimum absolute atomic E-state index is 0.109. The van der Waals surface area contributed by atoms with Crippen molar-refractivity contribution >= 4 is 11.9 Å². The van der Waals surface area contributed by atoms with E-state index in [9.17, 15) is 14.7 Å². The normalized spacial score (nSPS) is 12.8. The third-order valence-corrected chi connectivity index (χ3v) is 9.56. The van der Waals surface area contributed by atoms with Crippen molar-refractivity contribution in [3.05, 3.63) is 0 Å². The van der Waals surface area contributed by atoms with Crippen molar-refractivity contribution in [3.8, 4) is 0 Å². The molecule has 0 amide bonds. The van der Waals surface area contributed by atoms with Crippen LogP contribution in [0.1, 0.15) is 220 Å². The molecule has 0 aromatic carbocycles. The Hall–Kier alpha value is -1.10. The second-order valence-corrected chi connectivity index (χ2v) is 14.8. The van der Waals surface area contributed by atoms with Gasteiger partial charge in [-0.05, 0) is 24.7 Å². The van der Waals surface area contributed by atoms with Gasteiger partial charge in [0, 0.05) is 12.8 Å². The van der Waals surface area contributed by atoms with Crippen LogP contribution in [0.4, 0.5) is 0 Å². The maximum atomic E-state index is 12.0. The number of ether oxygens (including phenoxy) is 2. The molecular weight excluding hydrogens is 572 g/mol. The van der Waals surface area contributed by atoms with E-state index in [1.807, 2.05) is 0 Å². The molecular formula is C41H80O5. The van der Waals surface area contributed by atoms with Crippen LogP contribution in [-0.2, 0) is 19.1 Å². The summed E-state index contributed by atoms with van der Waals surface area (Å²) in [6.07, 6.45) is 35.8. The zero-order valence-electron chi connectivity index (χ0n) is 31.4. The van der Waals surface area contributed by atoms with Gasteiger partial charge in [0.25, 0.3) is 0 Å². The van der Waals surface area contributed by atoms with Crippen molar-refractivity contribution < 1.29 is 24.2 Å². The highest BCUT2D eigenvalue weighted by molar-refractivity contribution is 5.69. The topological polar surface area (TPSA) is 72.8 Å². The van der Waals surface area contributed by atoms with Crippen LogP contribution >= 0.6 is 0 Å². The Morgan fingerprint density at radius 1 is 0.457 bits per heavy atom. The second-order valence-electron chi connectivity index (χ2n) is 14.8. The minimum atomic E-state index is -0.956. The van der Waals surface area contributed by atoms with Gasteiger partial charge in [-0.3, -0.25) is 9.59 Å². The van der Waals surface area contributed by atoms with E-state index >= 15 is 0 Å². The molecule has 0 aromatic heterocycles. The predicted molar refractivity (Wildman–Crippen MR) is 196 cm³/mol. The number of esters is 2. The predicted octanol–water partition coefficient (Wildman–Crippen LogP) is 12.4. The van der Waals surface area contributed by atoms with E-state index < -0.39 is 6.10 Å². The quantitative estimate of drug-likeness (QED) is 0.0538. The van der Waals surface area contributed by atoms with Gasteiger partial charge in [-0.15, -0.1) is 0 Å². The number of aliphatic hydroxyl groups is 1. The summed E-state index contributed by atoms with van der Waals surface area (Å²) in [6.45, 7) is 9.05. The number of hydrogen-bond acceptors (Lipinski definition) is 5. The first-order valence-electron chi connectivity index (χ1n) is 20.3. The summed E-state index contributed by atoms with van der Waals surface area (Å²) in [7, 11) is 0. The Morgan fingerprint density at radius 2 is 0.739 bits per heavy atom. The molecule has 1 unspecified atom stereocenters. The summed E-state index contributed by atoms with van der Waals surface area (Å²) < 4.78 is 10.3. The van der Waals surface area contributed by atoms with E-state index in [1.54, 1.807) is 0 Å². The van der Waals surface area contributed by atoms with Crippen molar-refractivity contribution in [2.45, 2.75) is 226 Å². The molecule has 0 heterocycles. The van der Waals surface area contributed by atoms with E-state index in [4.69, 9.17) is 9.47 Å². The Balaban J connectivity index is 3.38. The summed E-state index contributed by atoms with van der Waals surface area (Å²) in [6, 6.07) is 0. The molecule has 0 aliphatic rings. The fourth-order valence-electron chi connectivity index (χ4n) is 6.07. The molecule has 1 N–H and O–H groups in total. The Kier molecular flexibility index (Phi) is 34.4. The molecule has 0 saturated carbocycles. The smallest absolute Gasteiger partial charge is 0.305 e. The van der Waals surface area contributed by atoms with E-state index in [2.05, 4.69) is 27.7 Å². The lowest BCUT2D eigenvalue weighted by Gasteiger charge is -2.12. The van der Waals surface area contributed by atoms with Crippen molar-refractivity contribution in [1.82, 2.24) is 0 Å². The largest absolute Gasteiger partial charge is 0.463 e. The van der Waals surface area contributed by atoms with Gasteiger partial charge in [0.05, 0.1) is 0 Å². The lowest BCUT2D eigenvalue weighted by molar-refractivity contribution is -0.152. The first-order chi connectivity index (χ1) is 22.3. The van der Waals surface area contributed by atoms with Gasteiger partial charge in [-0.1, -0.05) is 195 Å². The van der Waals surface area contributed by atoms with Crippen LogP contribution in [0.2, 0.25) is 0 Å². The van der Waals surface area contributed by atoms with Crippen molar-refractivity contribution in [2.24, 2.45) is 11.8 Å². The summed E-state index contributed by atoms with van der Waals surface area (Å²) in [5.74, 6) is 1.19. The minimum Gasteiger partial charge on any atom is -0.463 e. The van der Waals surface area contributed by atoms with Crippen molar-refractivity contribution in [3.63, 3.8) is 0 Å². The molecule has 0 bridgehead atoms. The number of carbonyl (C=O) groups is 2. The van der Waals surface area contributed by atoms with Crippen LogP contribution in [-0.4, -0.2) is 36.4 Å². The Labute approximate surface area is 287 Å². The molecule has 0 saturated heterocycles. The highest BCUT2D eigenvalue weighted by Crippen LogP contribution is 2.17. The molecule has 0 fully saturated rings. The standard InChI is InChI=1S/C41H80O5/c1-5-38(4)32-28-24-20-16-12-8-6-7-9-13-17-21-25-29-33-40(43)45-35-39(42)36-46-41(44)34-30-26-22-18-14-10-11-15-19-23-27-31-37(2)3/h37-39,42H,5-36H2,1-4H3/t38?,39-/m1/s1. The average molecular weight is 653 g/mol. The summed E-state index contributed by atoms with van der Waals surface area (Å²) in [4.78, 5) is 23.9.